The molecule has 3 rings (SSSR count). The molecule has 144 valence electrons. The van der Waals surface area contributed by atoms with E-state index in [-0.39, 0.29) is 17.3 Å². The predicted molar refractivity (Wildman–Crippen MR) is 103 cm³/mol. The summed E-state index contributed by atoms with van der Waals surface area (Å²) in [6.45, 7) is 1.84. The van der Waals surface area contributed by atoms with E-state index in [4.69, 9.17) is 11.6 Å². The normalized spacial score (nSPS) is 11.8. The summed E-state index contributed by atoms with van der Waals surface area (Å²) in [6, 6.07) is 10.6. The number of carboxylic acid groups (broad SMARTS) is 1. The van der Waals surface area contributed by atoms with E-state index in [9.17, 15) is 19.5 Å². The molecule has 3 aromatic rings. The predicted octanol–water partition coefficient (Wildman–Crippen LogP) is 2.47. The van der Waals surface area contributed by atoms with E-state index in [1.165, 1.54) is 12.3 Å². The minimum atomic E-state index is -1.05. The second kappa shape index (κ2) is 8.10. The molecule has 28 heavy (non-hydrogen) atoms. The maximum Gasteiger partial charge on any atom is 0.305 e. The lowest BCUT2D eigenvalue weighted by Gasteiger charge is -2.19. The molecule has 0 saturated carbocycles. The maximum absolute atomic E-state index is 12.7. The molecule has 0 fully saturated rings. The van der Waals surface area contributed by atoms with Crippen LogP contribution in [0.3, 0.4) is 0 Å². The van der Waals surface area contributed by atoms with Crippen molar-refractivity contribution < 1.29 is 14.7 Å². The smallest absolute Gasteiger partial charge is 0.305 e. The molecule has 9 heteroatoms. The molecule has 1 amide bonds. The van der Waals surface area contributed by atoms with E-state index in [1.54, 1.807) is 18.2 Å². The van der Waals surface area contributed by atoms with Crippen molar-refractivity contribution in [1.29, 1.82) is 0 Å². The molecule has 1 aromatic carbocycles. The summed E-state index contributed by atoms with van der Waals surface area (Å²) < 4.78 is 1.16. The molecule has 1 atom stereocenters. The van der Waals surface area contributed by atoms with Gasteiger partial charge in [-0.1, -0.05) is 35.9 Å². The van der Waals surface area contributed by atoms with Gasteiger partial charge in [-0.2, -0.15) is 0 Å². The topological polar surface area (TPSA) is 117 Å². The summed E-state index contributed by atoms with van der Waals surface area (Å²) in [7, 11) is 0. The fourth-order valence-corrected chi connectivity index (χ4v) is 3.03. The Morgan fingerprint density at radius 3 is 2.71 bits per heavy atom. The third-order valence-corrected chi connectivity index (χ3v) is 4.39. The number of aromatic amines is 1. The molecule has 2 aromatic heterocycles. The summed E-state index contributed by atoms with van der Waals surface area (Å²) in [5.41, 5.74) is 1.51. The molecule has 2 heterocycles. The lowest BCUT2D eigenvalue weighted by atomic mass is 9.98. The van der Waals surface area contributed by atoms with Crippen LogP contribution in [0, 0.1) is 6.92 Å². The van der Waals surface area contributed by atoms with Crippen molar-refractivity contribution in [3.05, 3.63) is 81.0 Å². The highest BCUT2D eigenvalue weighted by molar-refractivity contribution is 6.29. The van der Waals surface area contributed by atoms with Gasteiger partial charge in [-0.25, -0.2) is 9.67 Å². The van der Waals surface area contributed by atoms with Gasteiger partial charge in [-0.05, 0) is 24.1 Å². The quantitative estimate of drug-likeness (QED) is 0.549. The molecule has 0 aliphatic rings. The van der Waals surface area contributed by atoms with Crippen LogP contribution in [0.2, 0.25) is 5.15 Å². The van der Waals surface area contributed by atoms with Gasteiger partial charge >= 0.3 is 5.97 Å². The van der Waals surface area contributed by atoms with Crippen molar-refractivity contribution in [3.63, 3.8) is 0 Å². The summed E-state index contributed by atoms with van der Waals surface area (Å²) in [5.74, 6) is -1.64. The van der Waals surface area contributed by atoms with Crippen molar-refractivity contribution in [3.8, 4) is 5.69 Å². The van der Waals surface area contributed by atoms with Gasteiger partial charge in [0.25, 0.3) is 11.5 Å². The van der Waals surface area contributed by atoms with Crippen LogP contribution in [-0.2, 0) is 4.79 Å². The third kappa shape index (κ3) is 4.29. The van der Waals surface area contributed by atoms with E-state index in [2.05, 4.69) is 15.4 Å². The van der Waals surface area contributed by atoms with E-state index in [0.29, 0.717) is 11.3 Å². The van der Waals surface area contributed by atoms with Gasteiger partial charge in [-0.15, -0.1) is 0 Å². The zero-order valence-electron chi connectivity index (χ0n) is 14.8. The summed E-state index contributed by atoms with van der Waals surface area (Å²) >= 11 is 5.84. The number of H-pyrrole nitrogens is 1. The van der Waals surface area contributed by atoms with Gasteiger partial charge < -0.3 is 10.4 Å². The Bertz CT molecular complexity index is 1090. The molecule has 0 unspecified atom stereocenters. The first-order valence-electron chi connectivity index (χ1n) is 8.37. The molecule has 0 aliphatic heterocycles. The number of rotatable bonds is 6. The number of nitrogens with zero attached hydrogens (tertiary/aromatic N) is 2. The van der Waals surface area contributed by atoms with Gasteiger partial charge in [0.05, 0.1) is 18.2 Å². The zero-order chi connectivity index (χ0) is 20.3. The Kier molecular flexibility index (Phi) is 5.60. The monoisotopic (exact) mass is 400 g/mol. The standard InChI is InChI=1S/C19H17ClN4O4/c1-11-4-2-3-5-13(11)14(10-18(26)27)22-19(28)15-9-17(25)24(23-15)12-6-7-21-16(20)8-12/h2-9,14,23H,10H2,1H3,(H,22,28)(H,26,27)/t14-/m0/s1. The fraction of sp³-hybridized carbons (Fsp3) is 0.158. The number of aryl methyl sites for hydroxylation is 1. The van der Waals surface area contributed by atoms with Crippen molar-refractivity contribution in [1.82, 2.24) is 20.1 Å². The lowest BCUT2D eigenvalue weighted by molar-refractivity contribution is -0.137. The Morgan fingerprint density at radius 2 is 2.04 bits per heavy atom. The van der Waals surface area contributed by atoms with Gasteiger partial charge in [0, 0.05) is 18.3 Å². The Balaban J connectivity index is 1.89. The van der Waals surface area contributed by atoms with Crippen LogP contribution in [0.25, 0.3) is 5.69 Å². The van der Waals surface area contributed by atoms with E-state index in [1.807, 2.05) is 19.1 Å². The van der Waals surface area contributed by atoms with Crippen LogP contribution >= 0.6 is 11.6 Å². The first-order valence-corrected chi connectivity index (χ1v) is 8.75. The number of benzene rings is 1. The Morgan fingerprint density at radius 1 is 1.29 bits per heavy atom. The largest absolute Gasteiger partial charge is 0.481 e. The van der Waals surface area contributed by atoms with Crippen molar-refractivity contribution in [2.24, 2.45) is 0 Å². The average molecular weight is 401 g/mol. The highest BCUT2D eigenvalue weighted by atomic mass is 35.5. The number of halogens is 1. The van der Waals surface area contributed by atoms with Crippen LogP contribution in [0.1, 0.15) is 34.1 Å². The van der Waals surface area contributed by atoms with E-state index in [0.717, 1.165) is 16.3 Å². The molecule has 0 bridgehead atoms. The maximum atomic E-state index is 12.7. The minimum Gasteiger partial charge on any atom is -0.481 e. The van der Waals surface area contributed by atoms with Crippen LogP contribution in [0.15, 0.2) is 53.5 Å². The number of aromatic nitrogens is 3. The van der Waals surface area contributed by atoms with Crippen molar-refractivity contribution >= 4 is 23.5 Å². The summed E-state index contributed by atoms with van der Waals surface area (Å²) in [4.78, 5) is 40.0. The van der Waals surface area contributed by atoms with Crippen LogP contribution < -0.4 is 10.9 Å². The zero-order valence-corrected chi connectivity index (χ0v) is 15.6. The number of hydrogen-bond acceptors (Lipinski definition) is 4. The molecule has 0 saturated heterocycles. The van der Waals surface area contributed by atoms with Crippen molar-refractivity contribution in [2.45, 2.75) is 19.4 Å². The van der Waals surface area contributed by atoms with E-state index < -0.39 is 23.5 Å². The molecular formula is C19H17ClN4O4. The van der Waals surface area contributed by atoms with Gasteiger partial charge in [0.15, 0.2) is 0 Å². The minimum absolute atomic E-state index is 0.00177. The summed E-state index contributed by atoms with van der Waals surface area (Å²) in [6.07, 6.45) is 1.15. The Hall–Kier alpha value is -3.39. The molecule has 0 radical (unpaired) electrons. The molecule has 8 nitrogen and oxygen atoms in total. The number of hydrogen-bond donors (Lipinski definition) is 3. The first-order chi connectivity index (χ1) is 13.3. The number of pyridine rings is 1. The molecular weight excluding hydrogens is 384 g/mol. The van der Waals surface area contributed by atoms with Gasteiger partial charge in [0.1, 0.15) is 10.8 Å². The Labute approximate surface area is 164 Å². The third-order valence-electron chi connectivity index (χ3n) is 4.18. The van der Waals surface area contributed by atoms with Gasteiger partial charge in [-0.3, -0.25) is 19.5 Å². The second-order valence-corrected chi connectivity index (χ2v) is 6.55. The number of amides is 1. The number of nitrogens with one attached hydrogen (secondary N) is 2. The highest BCUT2D eigenvalue weighted by Crippen LogP contribution is 2.21. The average Bonchev–Trinajstić information content (AvgIpc) is 3.03. The highest BCUT2D eigenvalue weighted by Gasteiger charge is 2.22. The van der Waals surface area contributed by atoms with E-state index >= 15 is 0 Å². The SMILES string of the molecule is Cc1ccccc1[C@H](CC(=O)O)NC(=O)c1cc(=O)n(-c2ccnc(Cl)c2)[nH]1. The van der Waals surface area contributed by atoms with Gasteiger partial charge in [0.2, 0.25) is 0 Å². The second-order valence-electron chi connectivity index (χ2n) is 6.16. The number of carboxylic acids is 1. The van der Waals surface area contributed by atoms with Crippen LogP contribution in [0.4, 0.5) is 0 Å². The summed E-state index contributed by atoms with van der Waals surface area (Å²) in [5, 5.41) is 14.8. The number of carbonyl (C=O) groups is 2. The fourth-order valence-electron chi connectivity index (χ4n) is 2.86. The van der Waals surface area contributed by atoms with Crippen LogP contribution in [0.5, 0.6) is 0 Å². The van der Waals surface area contributed by atoms with Crippen molar-refractivity contribution in [2.75, 3.05) is 0 Å². The first kappa shape index (κ1) is 19.4. The lowest BCUT2D eigenvalue weighted by Crippen LogP contribution is -2.31. The van der Waals surface area contributed by atoms with Crippen LogP contribution in [-0.4, -0.2) is 31.7 Å². The molecule has 0 spiro atoms. The number of carbonyl (C=O) groups excluding carboxylic acids is 1. The molecule has 3 N–H and O–H groups in total. The number of aliphatic carboxylic acids is 1. The molecule has 0 aliphatic carbocycles.